The van der Waals surface area contributed by atoms with Gasteiger partial charge in [0.1, 0.15) is 0 Å². The van der Waals surface area contributed by atoms with Crippen LogP contribution in [0.25, 0.3) is 0 Å². The van der Waals surface area contributed by atoms with Crippen LogP contribution in [0.1, 0.15) is 11.7 Å². The Morgan fingerprint density at radius 1 is 1.25 bits per heavy atom. The summed E-state index contributed by atoms with van der Waals surface area (Å²) < 4.78 is 0. The van der Waals surface area contributed by atoms with Gasteiger partial charge in [-0.1, -0.05) is 23.7 Å². The SMILES string of the molecule is OC(CN1CCNCC1)c1ccc(Cl)cc1. The summed E-state index contributed by atoms with van der Waals surface area (Å²) in [6.45, 7) is 4.72. The first-order valence-corrected chi connectivity index (χ1v) is 6.00. The van der Waals surface area contributed by atoms with E-state index in [0.717, 1.165) is 31.7 Å². The van der Waals surface area contributed by atoms with Crippen LogP contribution in [0.15, 0.2) is 24.3 Å². The summed E-state index contributed by atoms with van der Waals surface area (Å²) in [5, 5.41) is 14.1. The average Bonchev–Trinajstić information content (AvgIpc) is 2.31. The minimum absolute atomic E-state index is 0.421. The van der Waals surface area contributed by atoms with Gasteiger partial charge in [-0.15, -0.1) is 0 Å². The summed E-state index contributed by atoms with van der Waals surface area (Å²) in [7, 11) is 0. The Hall–Kier alpha value is -0.610. The van der Waals surface area contributed by atoms with Gasteiger partial charge >= 0.3 is 0 Å². The Kier molecular flexibility index (Phi) is 4.18. The van der Waals surface area contributed by atoms with Gasteiger partial charge in [0, 0.05) is 37.7 Å². The lowest BCUT2D eigenvalue weighted by Gasteiger charge is -2.29. The number of rotatable bonds is 3. The monoisotopic (exact) mass is 240 g/mol. The van der Waals surface area contributed by atoms with Gasteiger partial charge in [0.25, 0.3) is 0 Å². The van der Waals surface area contributed by atoms with Crippen LogP contribution in [0.2, 0.25) is 5.02 Å². The van der Waals surface area contributed by atoms with E-state index in [1.807, 2.05) is 24.3 Å². The number of aliphatic hydroxyl groups excluding tert-OH is 1. The van der Waals surface area contributed by atoms with Gasteiger partial charge in [0.05, 0.1) is 6.10 Å². The van der Waals surface area contributed by atoms with Crippen LogP contribution < -0.4 is 5.32 Å². The van der Waals surface area contributed by atoms with Crippen LogP contribution in [0.3, 0.4) is 0 Å². The smallest absolute Gasteiger partial charge is 0.0916 e. The van der Waals surface area contributed by atoms with E-state index in [0.29, 0.717) is 11.6 Å². The minimum atomic E-state index is -0.421. The molecule has 0 bridgehead atoms. The molecule has 88 valence electrons. The fraction of sp³-hybridized carbons (Fsp3) is 0.500. The van der Waals surface area contributed by atoms with Crippen molar-refractivity contribution in [3.05, 3.63) is 34.9 Å². The molecule has 1 fully saturated rings. The summed E-state index contributed by atoms with van der Waals surface area (Å²) >= 11 is 5.81. The standard InChI is InChI=1S/C12H17ClN2O/c13-11-3-1-10(2-4-11)12(16)9-15-7-5-14-6-8-15/h1-4,12,14,16H,5-9H2. The molecule has 2 rings (SSSR count). The summed E-state index contributed by atoms with van der Waals surface area (Å²) in [5.74, 6) is 0. The molecule has 4 heteroatoms. The van der Waals surface area contributed by atoms with E-state index in [1.165, 1.54) is 0 Å². The predicted octanol–water partition coefficient (Wildman–Crippen LogP) is 1.28. The van der Waals surface area contributed by atoms with Gasteiger partial charge in [-0.25, -0.2) is 0 Å². The molecular weight excluding hydrogens is 224 g/mol. The number of nitrogens with zero attached hydrogens (tertiary/aromatic N) is 1. The Bertz CT molecular complexity index is 322. The van der Waals surface area contributed by atoms with Crippen LogP contribution >= 0.6 is 11.6 Å². The first-order chi connectivity index (χ1) is 7.75. The summed E-state index contributed by atoms with van der Waals surface area (Å²) in [4.78, 5) is 2.27. The minimum Gasteiger partial charge on any atom is -0.387 e. The topological polar surface area (TPSA) is 35.5 Å². The molecule has 16 heavy (non-hydrogen) atoms. The molecule has 1 aliphatic heterocycles. The third kappa shape index (κ3) is 3.19. The second-order valence-electron chi connectivity index (χ2n) is 4.12. The maximum atomic E-state index is 10.1. The van der Waals surface area contributed by atoms with E-state index in [9.17, 15) is 5.11 Å². The molecule has 1 aliphatic rings. The van der Waals surface area contributed by atoms with Gasteiger partial charge in [-0.05, 0) is 17.7 Å². The van der Waals surface area contributed by atoms with Crippen LogP contribution in [-0.4, -0.2) is 42.7 Å². The quantitative estimate of drug-likeness (QED) is 0.836. The molecule has 0 spiro atoms. The molecule has 1 aromatic carbocycles. The summed E-state index contributed by atoms with van der Waals surface area (Å²) in [6.07, 6.45) is -0.421. The lowest BCUT2D eigenvalue weighted by molar-refractivity contribution is 0.105. The van der Waals surface area contributed by atoms with Crippen molar-refractivity contribution >= 4 is 11.6 Å². The second kappa shape index (κ2) is 5.64. The van der Waals surface area contributed by atoms with Gasteiger partial charge in [-0.2, -0.15) is 0 Å². The molecule has 0 aliphatic carbocycles. The third-order valence-corrected chi connectivity index (χ3v) is 3.15. The van der Waals surface area contributed by atoms with E-state index in [-0.39, 0.29) is 0 Å². The van der Waals surface area contributed by atoms with E-state index < -0.39 is 6.10 Å². The molecule has 1 heterocycles. The van der Waals surface area contributed by atoms with Crippen LogP contribution in [0.4, 0.5) is 0 Å². The first kappa shape index (κ1) is 11.9. The predicted molar refractivity (Wildman–Crippen MR) is 65.7 cm³/mol. The van der Waals surface area contributed by atoms with E-state index >= 15 is 0 Å². The molecule has 0 saturated carbocycles. The Labute approximate surface area is 101 Å². The average molecular weight is 241 g/mol. The lowest BCUT2D eigenvalue weighted by atomic mass is 10.1. The number of hydrogen-bond acceptors (Lipinski definition) is 3. The fourth-order valence-electron chi connectivity index (χ4n) is 1.93. The molecule has 2 N–H and O–H groups in total. The van der Waals surface area contributed by atoms with E-state index in [2.05, 4.69) is 10.2 Å². The molecule has 1 unspecified atom stereocenters. The highest BCUT2D eigenvalue weighted by atomic mass is 35.5. The van der Waals surface area contributed by atoms with Crippen molar-refractivity contribution < 1.29 is 5.11 Å². The zero-order valence-electron chi connectivity index (χ0n) is 9.19. The highest BCUT2D eigenvalue weighted by molar-refractivity contribution is 6.30. The second-order valence-corrected chi connectivity index (χ2v) is 4.55. The highest BCUT2D eigenvalue weighted by Crippen LogP contribution is 2.17. The van der Waals surface area contributed by atoms with Gasteiger partial charge in [-0.3, -0.25) is 4.90 Å². The highest BCUT2D eigenvalue weighted by Gasteiger charge is 2.15. The first-order valence-electron chi connectivity index (χ1n) is 5.62. The number of piperazine rings is 1. The van der Waals surface area contributed by atoms with Gasteiger partial charge in [0.15, 0.2) is 0 Å². The Morgan fingerprint density at radius 3 is 2.50 bits per heavy atom. The fourth-order valence-corrected chi connectivity index (χ4v) is 2.05. The zero-order valence-corrected chi connectivity index (χ0v) is 9.95. The number of aliphatic hydroxyl groups is 1. The zero-order chi connectivity index (χ0) is 11.4. The molecule has 1 aromatic rings. The molecule has 3 nitrogen and oxygen atoms in total. The van der Waals surface area contributed by atoms with Crippen molar-refractivity contribution in [2.24, 2.45) is 0 Å². The normalized spacial score (nSPS) is 19.6. The van der Waals surface area contributed by atoms with E-state index in [4.69, 9.17) is 11.6 Å². The number of β-amino-alcohol motifs (C(OH)–C–C–N with tert-alkyl or cyclic N) is 1. The van der Waals surface area contributed by atoms with Crippen molar-refractivity contribution in [3.63, 3.8) is 0 Å². The Balaban J connectivity index is 1.91. The summed E-state index contributed by atoms with van der Waals surface area (Å²) in [6, 6.07) is 7.40. The van der Waals surface area contributed by atoms with E-state index in [1.54, 1.807) is 0 Å². The molecular formula is C12H17ClN2O. The van der Waals surface area contributed by atoms with Crippen molar-refractivity contribution in [3.8, 4) is 0 Å². The molecule has 0 amide bonds. The maximum absolute atomic E-state index is 10.1. The largest absolute Gasteiger partial charge is 0.387 e. The Morgan fingerprint density at radius 2 is 1.88 bits per heavy atom. The molecule has 0 radical (unpaired) electrons. The number of hydrogen-bond donors (Lipinski definition) is 2. The van der Waals surface area contributed by atoms with Crippen molar-refractivity contribution in [2.75, 3.05) is 32.7 Å². The van der Waals surface area contributed by atoms with Gasteiger partial charge in [0.2, 0.25) is 0 Å². The number of benzene rings is 1. The van der Waals surface area contributed by atoms with Crippen LogP contribution in [0.5, 0.6) is 0 Å². The lowest BCUT2D eigenvalue weighted by Crippen LogP contribution is -2.44. The third-order valence-electron chi connectivity index (χ3n) is 2.90. The van der Waals surface area contributed by atoms with Crippen LogP contribution in [0, 0.1) is 0 Å². The molecule has 1 atom stereocenters. The van der Waals surface area contributed by atoms with Crippen LogP contribution in [-0.2, 0) is 0 Å². The number of halogens is 1. The van der Waals surface area contributed by atoms with Crippen molar-refractivity contribution in [2.45, 2.75) is 6.10 Å². The maximum Gasteiger partial charge on any atom is 0.0916 e. The number of nitrogens with one attached hydrogen (secondary N) is 1. The van der Waals surface area contributed by atoms with Crippen molar-refractivity contribution in [1.29, 1.82) is 0 Å². The molecule has 0 aromatic heterocycles. The van der Waals surface area contributed by atoms with Crippen molar-refractivity contribution in [1.82, 2.24) is 10.2 Å². The molecule has 1 saturated heterocycles. The van der Waals surface area contributed by atoms with Gasteiger partial charge < -0.3 is 10.4 Å². The summed E-state index contributed by atoms with van der Waals surface area (Å²) in [5.41, 5.74) is 0.933.